The van der Waals surface area contributed by atoms with Crippen LogP contribution in [0.4, 0.5) is 0 Å². The molecule has 0 radical (unpaired) electrons. The van der Waals surface area contributed by atoms with Gasteiger partial charge >= 0.3 is 0 Å². The molecule has 9 nitrogen and oxygen atoms in total. The van der Waals surface area contributed by atoms with E-state index in [4.69, 9.17) is 5.73 Å². The van der Waals surface area contributed by atoms with E-state index < -0.39 is 0 Å². The lowest BCUT2D eigenvalue weighted by molar-refractivity contribution is 0.823. The van der Waals surface area contributed by atoms with Crippen LogP contribution >= 0.6 is 0 Å². The Morgan fingerprint density at radius 2 is 0.636 bits per heavy atom. The average Bonchev–Trinajstić information content (AvgIpc) is 0.918. The third kappa shape index (κ3) is 4340. The van der Waals surface area contributed by atoms with Crippen LogP contribution in [-0.2, 0) is 0 Å². The molecule has 9 heteroatoms. The van der Waals surface area contributed by atoms with Gasteiger partial charge in [-0.1, -0.05) is 6.92 Å². The van der Waals surface area contributed by atoms with Gasteiger partial charge in [-0.3, -0.25) is 0 Å². The zero-order valence-electron chi connectivity index (χ0n) is 6.28. The van der Waals surface area contributed by atoms with Crippen molar-refractivity contribution in [2.45, 2.75) is 6.92 Å². The van der Waals surface area contributed by atoms with Crippen LogP contribution in [0.15, 0.2) is 0 Å². The molecule has 0 saturated heterocycles. The fraction of sp³-hybridized carbons (Fsp3) is 1.00. The van der Waals surface area contributed by atoms with Gasteiger partial charge in [0.25, 0.3) is 0 Å². The molecule has 84 valence electrons. The monoisotopic (exact) mass is 189 g/mol. The quantitative estimate of drug-likeness (QED) is 0.381. The van der Waals surface area contributed by atoms with Crippen molar-refractivity contribution in [1.82, 2.24) is 0 Å². The maximum Gasteiger partial charge on any atom is -0.0106 e. The fourth-order valence-electron chi connectivity index (χ4n) is 0. The molecule has 0 aliphatic carbocycles. The minimum Gasteiger partial charge on any atom is -0.412 e. The Morgan fingerprint density at radius 1 is 0.636 bits per heavy atom. The summed E-state index contributed by atoms with van der Waals surface area (Å²) in [6.45, 7) is 2.65. The molecule has 0 unspecified atom stereocenters. The third-order valence-corrected chi connectivity index (χ3v) is 0. The van der Waals surface area contributed by atoms with Crippen LogP contribution in [0, 0.1) is 0 Å². The first-order valence-corrected chi connectivity index (χ1v) is 1.12. The van der Waals surface area contributed by atoms with E-state index in [1.54, 1.807) is 0 Å². The molecule has 11 heavy (non-hydrogen) atoms. The van der Waals surface area contributed by atoms with Crippen molar-refractivity contribution >= 4 is 0 Å². The molecule has 0 aromatic rings. The Hall–Kier alpha value is -0.360. The largest absolute Gasteiger partial charge is 0.412 e. The highest BCUT2D eigenvalue weighted by atomic mass is 16.0. The Labute approximate surface area is 64.3 Å². The van der Waals surface area contributed by atoms with Gasteiger partial charge in [-0.25, -0.2) is 0 Å². The van der Waals surface area contributed by atoms with Gasteiger partial charge in [0.1, 0.15) is 0 Å². The molecule has 0 aromatic heterocycles. The standard InChI is InChI=1S/C2H7N.8H2O/c1-2-3;;;;;;;;/h2-3H2,1H3;8*1H2. The van der Waals surface area contributed by atoms with Gasteiger partial charge in [0.15, 0.2) is 0 Å². The lowest BCUT2D eigenvalue weighted by Crippen LogP contribution is -1.87. The summed E-state index contributed by atoms with van der Waals surface area (Å²) in [7, 11) is 0. The Bertz CT molecular complexity index is 12.1. The molecule has 18 N–H and O–H groups in total. The second-order valence-corrected chi connectivity index (χ2v) is 0.408. The smallest absolute Gasteiger partial charge is 0.0106 e. The first kappa shape index (κ1) is 368. The van der Waals surface area contributed by atoms with Gasteiger partial charge in [0.05, 0.1) is 0 Å². The number of nitrogens with two attached hydrogens (primary N) is 1. The number of hydrogen-bond donors (Lipinski definition) is 1. The van der Waals surface area contributed by atoms with E-state index in [9.17, 15) is 0 Å². The second kappa shape index (κ2) is 1760. The van der Waals surface area contributed by atoms with E-state index in [2.05, 4.69) is 0 Å². The minimum absolute atomic E-state index is 0. The molecule has 0 amide bonds. The van der Waals surface area contributed by atoms with Gasteiger partial charge in [0, 0.05) is 0 Å². The molecule has 0 aliphatic heterocycles. The molecule has 0 fully saturated rings. The van der Waals surface area contributed by atoms with Crippen molar-refractivity contribution in [1.29, 1.82) is 0 Å². The molecular formula is C2H23NO8. The number of rotatable bonds is 0. The Kier molecular flexibility index (Phi) is 58700. The van der Waals surface area contributed by atoms with E-state index in [1.165, 1.54) is 0 Å². The van der Waals surface area contributed by atoms with Crippen LogP contribution in [0.3, 0.4) is 0 Å². The van der Waals surface area contributed by atoms with Crippen LogP contribution in [0.2, 0.25) is 0 Å². The Balaban J connectivity index is -0.000000000714. The molecule has 0 bridgehead atoms. The summed E-state index contributed by atoms with van der Waals surface area (Å²) < 4.78 is 0. The van der Waals surface area contributed by atoms with Crippen molar-refractivity contribution in [3.05, 3.63) is 0 Å². The first-order chi connectivity index (χ1) is 1.41. The van der Waals surface area contributed by atoms with Crippen molar-refractivity contribution < 1.29 is 43.8 Å². The summed E-state index contributed by atoms with van der Waals surface area (Å²) in [5.41, 5.74) is 4.85. The minimum atomic E-state index is 0. The Morgan fingerprint density at radius 3 is 0.636 bits per heavy atom. The molecular weight excluding hydrogens is 166 g/mol. The molecule has 0 spiro atoms. The predicted molar refractivity (Wildman–Crippen MR) is 43.6 cm³/mol. The summed E-state index contributed by atoms with van der Waals surface area (Å²) in [4.78, 5) is 0. The first-order valence-electron chi connectivity index (χ1n) is 1.12. The third-order valence-electron chi connectivity index (χ3n) is 0. The van der Waals surface area contributed by atoms with Gasteiger partial charge in [-0.05, 0) is 6.54 Å². The summed E-state index contributed by atoms with van der Waals surface area (Å²) in [6.07, 6.45) is 0. The zero-order chi connectivity index (χ0) is 2.71. The van der Waals surface area contributed by atoms with Crippen molar-refractivity contribution in [3.8, 4) is 0 Å². The van der Waals surface area contributed by atoms with Crippen molar-refractivity contribution in [2.75, 3.05) is 6.54 Å². The van der Waals surface area contributed by atoms with Gasteiger partial charge in [-0.15, -0.1) is 0 Å². The summed E-state index contributed by atoms with van der Waals surface area (Å²) in [5, 5.41) is 0. The van der Waals surface area contributed by atoms with E-state index in [0.717, 1.165) is 6.54 Å². The van der Waals surface area contributed by atoms with Crippen LogP contribution < -0.4 is 5.73 Å². The van der Waals surface area contributed by atoms with E-state index in [1.807, 2.05) is 6.92 Å². The van der Waals surface area contributed by atoms with Crippen LogP contribution in [0.25, 0.3) is 0 Å². The van der Waals surface area contributed by atoms with E-state index >= 15 is 0 Å². The van der Waals surface area contributed by atoms with Gasteiger partial charge in [-0.2, -0.15) is 0 Å². The molecule has 0 rings (SSSR count). The van der Waals surface area contributed by atoms with Crippen LogP contribution in [-0.4, -0.2) is 50.4 Å². The number of hydrogen-bond acceptors (Lipinski definition) is 1. The highest BCUT2D eigenvalue weighted by Crippen LogP contribution is 1.20. The summed E-state index contributed by atoms with van der Waals surface area (Å²) >= 11 is 0. The lowest BCUT2D eigenvalue weighted by atomic mass is 10.8. The molecule has 0 atom stereocenters. The summed E-state index contributed by atoms with van der Waals surface area (Å²) in [5.74, 6) is 0. The topological polar surface area (TPSA) is 278 Å². The van der Waals surface area contributed by atoms with Crippen molar-refractivity contribution in [3.63, 3.8) is 0 Å². The normalized spacial score (nSPS) is 1.64. The van der Waals surface area contributed by atoms with Gasteiger partial charge in [0.2, 0.25) is 0 Å². The lowest BCUT2D eigenvalue weighted by Gasteiger charge is -1.53. The van der Waals surface area contributed by atoms with E-state index in [0.29, 0.717) is 0 Å². The second-order valence-electron chi connectivity index (χ2n) is 0.408. The fourth-order valence-corrected chi connectivity index (χ4v) is 0. The van der Waals surface area contributed by atoms with Crippen LogP contribution in [0.5, 0.6) is 0 Å². The zero-order valence-corrected chi connectivity index (χ0v) is 6.28. The SMILES string of the molecule is CCN.O.O.O.O.O.O.O.O. The van der Waals surface area contributed by atoms with Crippen LogP contribution in [0.1, 0.15) is 6.92 Å². The average molecular weight is 189 g/mol. The highest BCUT2D eigenvalue weighted by Gasteiger charge is 1.32. The van der Waals surface area contributed by atoms with E-state index in [-0.39, 0.29) is 43.8 Å². The highest BCUT2D eigenvalue weighted by molar-refractivity contribution is 4.00. The molecule has 0 aromatic carbocycles. The van der Waals surface area contributed by atoms with Crippen molar-refractivity contribution in [2.24, 2.45) is 5.73 Å². The van der Waals surface area contributed by atoms with Gasteiger partial charge < -0.3 is 49.5 Å². The maximum atomic E-state index is 4.85. The molecule has 0 heterocycles. The summed E-state index contributed by atoms with van der Waals surface area (Å²) in [6, 6.07) is 0. The molecule has 0 aliphatic rings. The predicted octanol–water partition coefficient (Wildman–Crippen LogP) is -6.63. The molecule has 0 saturated carbocycles. The maximum absolute atomic E-state index is 4.85.